The van der Waals surface area contributed by atoms with E-state index in [1.807, 2.05) is 52.6 Å². The minimum absolute atomic E-state index is 0.0856. The molecular weight excluding hydrogens is 392 g/mol. The van der Waals surface area contributed by atoms with Crippen LogP contribution in [0.5, 0.6) is 0 Å². The maximum absolute atomic E-state index is 5.53. The van der Waals surface area contributed by atoms with E-state index in [0.29, 0.717) is 19.2 Å². The molecule has 4 aromatic rings. The molecule has 1 fully saturated rings. The van der Waals surface area contributed by atoms with Gasteiger partial charge in [0.05, 0.1) is 31.0 Å². The van der Waals surface area contributed by atoms with Gasteiger partial charge in [-0.2, -0.15) is 4.98 Å². The Kier molecular flexibility index (Phi) is 4.10. The predicted molar refractivity (Wildman–Crippen MR) is 114 cm³/mol. The van der Waals surface area contributed by atoms with E-state index in [4.69, 9.17) is 14.7 Å². The summed E-state index contributed by atoms with van der Waals surface area (Å²) in [5, 5.41) is 8.62. The van der Waals surface area contributed by atoms with Crippen LogP contribution in [-0.4, -0.2) is 53.5 Å². The first kappa shape index (κ1) is 18.2. The Bertz CT molecular complexity index is 1240. The third-order valence-electron chi connectivity index (χ3n) is 6.01. The quantitative estimate of drug-likeness (QED) is 0.507. The molecule has 0 saturated carbocycles. The third-order valence-corrected chi connectivity index (χ3v) is 6.01. The molecule has 1 atom stereocenters. The van der Waals surface area contributed by atoms with E-state index >= 15 is 0 Å². The smallest absolute Gasteiger partial charge is 0.237 e. The lowest BCUT2D eigenvalue weighted by Gasteiger charge is -2.45. The fraction of sp³-hybridized carbons (Fsp3) is 0.318. The lowest BCUT2D eigenvalue weighted by atomic mass is 10.0. The first-order valence-electron chi connectivity index (χ1n) is 10.5. The Morgan fingerprint density at radius 3 is 2.68 bits per heavy atom. The van der Waals surface area contributed by atoms with Crippen LogP contribution in [0.15, 0.2) is 49.1 Å². The van der Waals surface area contributed by atoms with Crippen molar-refractivity contribution in [1.82, 2.24) is 34.3 Å². The molecule has 0 amide bonds. The van der Waals surface area contributed by atoms with Gasteiger partial charge < -0.3 is 9.64 Å². The molecule has 9 nitrogen and oxygen atoms in total. The number of anilines is 1. The van der Waals surface area contributed by atoms with Gasteiger partial charge in [-0.05, 0) is 13.3 Å². The molecule has 9 heteroatoms. The summed E-state index contributed by atoms with van der Waals surface area (Å²) in [4.78, 5) is 16.8. The van der Waals surface area contributed by atoms with Crippen LogP contribution in [0.1, 0.15) is 30.9 Å². The first-order chi connectivity index (χ1) is 15.3. The van der Waals surface area contributed by atoms with Crippen molar-refractivity contribution >= 4 is 5.82 Å². The molecule has 1 aromatic carbocycles. The molecule has 31 heavy (non-hydrogen) atoms. The van der Waals surface area contributed by atoms with Gasteiger partial charge in [-0.15, -0.1) is 10.2 Å². The fourth-order valence-corrected chi connectivity index (χ4v) is 4.48. The van der Waals surface area contributed by atoms with Crippen LogP contribution in [0, 0.1) is 6.92 Å². The van der Waals surface area contributed by atoms with Crippen LogP contribution >= 0.6 is 0 Å². The normalized spacial score (nSPS) is 17.9. The van der Waals surface area contributed by atoms with E-state index in [-0.39, 0.29) is 12.1 Å². The van der Waals surface area contributed by atoms with Gasteiger partial charge in [0.25, 0.3) is 0 Å². The van der Waals surface area contributed by atoms with E-state index in [9.17, 15) is 0 Å². The summed E-state index contributed by atoms with van der Waals surface area (Å²) in [6.45, 7) is 5.54. The molecule has 0 N–H and O–H groups in total. The lowest BCUT2D eigenvalue weighted by molar-refractivity contribution is 0.00338. The highest BCUT2D eigenvalue weighted by atomic mass is 16.5. The maximum Gasteiger partial charge on any atom is 0.237 e. The Morgan fingerprint density at radius 1 is 1.10 bits per heavy atom. The first-order valence-corrected chi connectivity index (χ1v) is 10.5. The van der Waals surface area contributed by atoms with Gasteiger partial charge in [0.1, 0.15) is 17.8 Å². The zero-order valence-electron chi connectivity index (χ0n) is 17.4. The molecule has 2 aliphatic rings. The van der Waals surface area contributed by atoms with E-state index in [2.05, 4.69) is 27.0 Å². The molecule has 1 saturated heterocycles. The number of rotatable bonds is 4. The van der Waals surface area contributed by atoms with Crippen LogP contribution in [0.4, 0.5) is 5.82 Å². The molecule has 0 unspecified atom stereocenters. The summed E-state index contributed by atoms with van der Waals surface area (Å²) >= 11 is 0. The van der Waals surface area contributed by atoms with Crippen molar-refractivity contribution in [3.8, 4) is 23.0 Å². The number of hydrogen-bond acceptors (Lipinski definition) is 7. The molecule has 3 aromatic heterocycles. The number of ether oxygens (including phenoxy) is 1. The van der Waals surface area contributed by atoms with Gasteiger partial charge >= 0.3 is 0 Å². The Balaban J connectivity index is 1.55. The average molecular weight is 414 g/mol. The number of aryl methyl sites for hydroxylation is 1. The van der Waals surface area contributed by atoms with Gasteiger partial charge in [-0.3, -0.25) is 9.13 Å². The zero-order chi connectivity index (χ0) is 20.9. The Hall–Kier alpha value is -3.59. The second kappa shape index (κ2) is 6.98. The van der Waals surface area contributed by atoms with E-state index in [0.717, 1.165) is 40.8 Å². The van der Waals surface area contributed by atoms with Crippen LogP contribution in [0.2, 0.25) is 0 Å². The molecule has 0 bridgehead atoms. The van der Waals surface area contributed by atoms with E-state index < -0.39 is 0 Å². The van der Waals surface area contributed by atoms with Crippen molar-refractivity contribution < 1.29 is 4.74 Å². The van der Waals surface area contributed by atoms with Crippen molar-refractivity contribution in [3.05, 3.63) is 60.6 Å². The maximum atomic E-state index is 5.53. The van der Waals surface area contributed by atoms with Crippen LogP contribution in [-0.2, 0) is 4.74 Å². The van der Waals surface area contributed by atoms with E-state index in [1.165, 1.54) is 0 Å². The molecular formula is C22H22N8O. The molecule has 6 rings (SSSR count). The second-order valence-corrected chi connectivity index (χ2v) is 7.85. The molecule has 5 heterocycles. The largest absolute Gasteiger partial charge is 0.377 e. The number of nitrogens with zero attached hydrogens (tertiary/aromatic N) is 8. The highest BCUT2D eigenvalue weighted by Crippen LogP contribution is 2.42. The highest BCUT2D eigenvalue weighted by Gasteiger charge is 2.41. The van der Waals surface area contributed by atoms with Crippen LogP contribution < -0.4 is 4.90 Å². The minimum Gasteiger partial charge on any atom is -0.377 e. The third kappa shape index (κ3) is 2.70. The van der Waals surface area contributed by atoms with Gasteiger partial charge in [-0.25, -0.2) is 9.97 Å². The fourth-order valence-electron chi connectivity index (χ4n) is 4.48. The summed E-state index contributed by atoms with van der Waals surface area (Å²) in [7, 11) is 0. The molecule has 2 aliphatic heterocycles. The summed E-state index contributed by atoms with van der Waals surface area (Å²) in [6, 6.07) is 10.4. The molecule has 0 radical (unpaired) electrons. The number of benzene rings is 1. The van der Waals surface area contributed by atoms with Crippen molar-refractivity contribution in [3.63, 3.8) is 0 Å². The Labute approximate surface area is 179 Å². The monoisotopic (exact) mass is 414 g/mol. The van der Waals surface area contributed by atoms with Gasteiger partial charge in [-0.1, -0.05) is 37.3 Å². The summed E-state index contributed by atoms with van der Waals surface area (Å²) in [6.07, 6.45) is 6.34. The van der Waals surface area contributed by atoms with Gasteiger partial charge in [0, 0.05) is 18.0 Å². The van der Waals surface area contributed by atoms with Crippen LogP contribution in [0.3, 0.4) is 0 Å². The van der Waals surface area contributed by atoms with Crippen molar-refractivity contribution in [2.75, 3.05) is 18.1 Å². The summed E-state index contributed by atoms with van der Waals surface area (Å²) in [5.74, 6) is 3.23. The lowest BCUT2D eigenvalue weighted by Crippen LogP contribution is -2.53. The number of fused-ring (bicyclic) bond motifs is 3. The topological polar surface area (TPSA) is 86.8 Å². The van der Waals surface area contributed by atoms with Crippen LogP contribution in [0.25, 0.3) is 23.0 Å². The zero-order valence-corrected chi connectivity index (χ0v) is 17.4. The van der Waals surface area contributed by atoms with Crippen molar-refractivity contribution in [2.24, 2.45) is 0 Å². The molecule has 0 aliphatic carbocycles. The molecule has 0 spiro atoms. The number of imidazole rings is 1. The molecule has 156 valence electrons. The van der Waals surface area contributed by atoms with Crippen molar-refractivity contribution in [1.29, 1.82) is 0 Å². The number of aromatic nitrogens is 7. The second-order valence-electron chi connectivity index (χ2n) is 7.85. The SMILES string of the molecule is CC[C@@H]1c2nncn2-c2c(C)nc(-n3ccnc3-c3ccccc3)nc2N1C1COC1. The highest BCUT2D eigenvalue weighted by molar-refractivity contribution is 5.66. The van der Waals surface area contributed by atoms with Crippen molar-refractivity contribution in [2.45, 2.75) is 32.4 Å². The predicted octanol–water partition coefficient (Wildman–Crippen LogP) is 2.89. The summed E-state index contributed by atoms with van der Waals surface area (Å²) in [5.41, 5.74) is 2.82. The standard InChI is InChI=1S/C22H22N8O/c1-3-17-20-27-24-13-29(20)18-14(2)25-22(26-21(18)30(17)16-11-31-12-16)28-10-9-23-19(28)15-7-5-4-6-8-15/h4-10,13,16-17H,3,11-12H2,1-2H3/t17-/m1/s1. The number of hydrogen-bond donors (Lipinski definition) is 0. The van der Waals surface area contributed by atoms with Gasteiger partial charge in [0.15, 0.2) is 11.6 Å². The summed E-state index contributed by atoms with van der Waals surface area (Å²) < 4.78 is 9.51. The van der Waals surface area contributed by atoms with Gasteiger partial charge in [0.2, 0.25) is 5.95 Å². The minimum atomic E-state index is 0.0856. The Morgan fingerprint density at radius 2 is 1.94 bits per heavy atom. The van der Waals surface area contributed by atoms with E-state index in [1.54, 1.807) is 12.5 Å². The average Bonchev–Trinajstić information content (AvgIpc) is 3.43.